The van der Waals surface area contributed by atoms with E-state index in [1.54, 1.807) is 6.20 Å². The third-order valence-electron chi connectivity index (χ3n) is 2.96. The molecule has 1 saturated heterocycles. The van der Waals surface area contributed by atoms with Crippen molar-refractivity contribution in [3.05, 3.63) is 18.0 Å². The zero-order valence-electron chi connectivity index (χ0n) is 11.4. The van der Waals surface area contributed by atoms with E-state index >= 15 is 0 Å². The van der Waals surface area contributed by atoms with Crippen molar-refractivity contribution < 1.29 is 4.79 Å². The number of anilines is 1. The molecule has 2 rings (SSSR count). The molecule has 5 nitrogen and oxygen atoms in total. The van der Waals surface area contributed by atoms with Crippen LogP contribution in [0.5, 0.6) is 0 Å². The Hall–Kier alpha value is -1.65. The van der Waals surface area contributed by atoms with Gasteiger partial charge in [-0.05, 0) is 13.0 Å². The largest absolute Gasteiger partial charge is 0.349 e. The molecule has 0 aromatic carbocycles. The van der Waals surface area contributed by atoms with Crippen molar-refractivity contribution in [2.45, 2.75) is 33.7 Å². The maximum absolute atomic E-state index is 11.8. The number of amides is 1. The van der Waals surface area contributed by atoms with Crippen LogP contribution in [0.4, 0.5) is 5.95 Å². The van der Waals surface area contributed by atoms with E-state index in [4.69, 9.17) is 0 Å². The maximum atomic E-state index is 11.8. The summed E-state index contributed by atoms with van der Waals surface area (Å²) in [5, 5.41) is 3.03. The molecule has 0 aliphatic carbocycles. The highest BCUT2D eigenvalue weighted by Gasteiger charge is 2.32. The molecule has 1 aliphatic rings. The molecule has 1 aromatic heterocycles. The summed E-state index contributed by atoms with van der Waals surface area (Å²) in [7, 11) is 0. The van der Waals surface area contributed by atoms with Crippen LogP contribution in [-0.2, 0) is 4.79 Å². The average Bonchev–Trinajstić information content (AvgIpc) is 2.20. The normalized spacial score (nSPS) is 16.3. The standard InChI is InChI=1S/C13H20N4O/c1-9-5-6-14-12(15-9)17-7-10(8-17)16-11(18)13(2,3)4/h5-6,10H,7-8H2,1-4H3,(H,16,18). The van der Waals surface area contributed by atoms with Crippen LogP contribution in [0.1, 0.15) is 26.5 Å². The van der Waals surface area contributed by atoms with Gasteiger partial charge in [-0.25, -0.2) is 9.97 Å². The summed E-state index contributed by atoms with van der Waals surface area (Å²) in [4.78, 5) is 22.5. The molecular formula is C13H20N4O. The minimum Gasteiger partial charge on any atom is -0.349 e. The van der Waals surface area contributed by atoms with E-state index in [1.165, 1.54) is 0 Å². The Morgan fingerprint density at radius 2 is 2.11 bits per heavy atom. The van der Waals surface area contributed by atoms with Gasteiger partial charge in [-0.3, -0.25) is 4.79 Å². The van der Waals surface area contributed by atoms with Crippen LogP contribution < -0.4 is 10.2 Å². The number of hydrogen-bond donors (Lipinski definition) is 1. The topological polar surface area (TPSA) is 58.1 Å². The molecule has 0 bridgehead atoms. The van der Waals surface area contributed by atoms with Crippen LogP contribution in [0.2, 0.25) is 0 Å². The van der Waals surface area contributed by atoms with Crippen LogP contribution in [-0.4, -0.2) is 35.0 Å². The van der Waals surface area contributed by atoms with E-state index < -0.39 is 0 Å². The van der Waals surface area contributed by atoms with Gasteiger partial charge in [0.2, 0.25) is 11.9 Å². The lowest BCUT2D eigenvalue weighted by Crippen LogP contribution is -2.61. The van der Waals surface area contributed by atoms with Gasteiger partial charge in [0.15, 0.2) is 0 Å². The lowest BCUT2D eigenvalue weighted by atomic mass is 9.94. The summed E-state index contributed by atoms with van der Waals surface area (Å²) < 4.78 is 0. The lowest BCUT2D eigenvalue weighted by Gasteiger charge is -2.40. The first-order chi connectivity index (χ1) is 8.36. The highest BCUT2D eigenvalue weighted by molar-refractivity contribution is 5.81. The summed E-state index contributed by atoms with van der Waals surface area (Å²) in [5.41, 5.74) is 0.627. The second kappa shape index (κ2) is 4.55. The van der Waals surface area contributed by atoms with E-state index in [9.17, 15) is 4.79 Å². The van der Waals surface area contributed by atoms with Crippen LogP contribution >= 0.6 is 0 Å². The monoisotopic (exact) mass is 248 g/mol. The van der Waals surface area contributed by atoms with Crippen LogP contribution in [0.25, 0.3) is 0 Å². The Kier molecular flexibility index (Phi) is 3.24. The highest BCUT2D eigenvalue weighted by atomic mass is 16.2. The minimum absolute atomic E-state index is 0.0947. The second-order valence-electron chi connectivity index (χ2n) is 5.82. The molecule has 5 heteroatoms. The highest BCUT2D eigenvalue weighted by Crippen LogP contribution is 2.18. The van der Waals surface area contributed by atoms with Gasteiger partial charge in [0, 0.05) is 30.4 Å². The van der Waals surface area contributed by atoms with Crippen molar-refractivity contribution in [2.75, 3.05) is 18.0 Å². The van der Waals surface area contributed by atoms with E-state index in [2.05, 4.69) is 20.2 Å². The fourth-order valence-electron chi connectivity index (χ4n) is 1.72. The van der Waals surface area contributed by atoms with Crippen molar-refractivity contribution in [1.29, 1.82) is 0 Å². The molecule has 1 amide bonds. The third kappa shape index (κ3) is 2.78. The van der Waals surface area contributed by atoms with Gasteiger partial charge in [-0.1, -0.05) is 20.8 Å². The van der Waals surface area contributed by atoms with Gasteiger partial charge in [0.25, 0.3) is 0 Å². The fourth-order valence-corrected chi connectivity index (χ4v) is 1.72. The first-order valence-electron chi connectivity index (χ1n) is 6.22. The van der Waals surface area contributed by atoms with Crippen LogP contribution in [0.15, 0.2) is 12.3 Å². The smallest absolute Gasteiger partial charge is 0.225 e. The Morgan fingerprint density at radius 1 is 1.44 bits per heavy atom. The molecule has 0 radical (unpaired) electrons. The zero-order chi connectivity index (χ0) is 13.3. The summed E-state index contributed by atoms with van der Waals surface area (Å²) in [6.45, 7) is 9.27. The van der Waals surface area contributed by atoms with Crippen molar-refractivity contribution >= 4 is 11.9 Å². The molecule has 0 atom stereocenters. The number of nitrogens with one attached hydrogen (secondary N) is 1. The molecule has 98 valence electrons. The second-order valence-corrected chi connectivity index (χ2v) is 5.82. The van der Waals surface area contributed by atoms with Crippen molar-refractivity contribution in [2.24, 2.45) is 5.41 Å². The van der Waals surface area contributed by atoms with E-state index in [0.717, 1.165) is 24.7 Å². The molecule has 0 saturated carbocycles. The average molecular weight is 248 g/mol. The Balaban J connectivity index is 1.86. The Labute approximate surface area is 108 Å². The van der Waals surface area contributed by atoms with Crippen molar-refractivity contribution in [3.8, 4) is 0 Å². The third-order valence-corrected chi connectivity index (χ3v) is 2.96. The van der Waals surface area contributed by atoms with Gasteiger partial charge < -0.3 is 10.2 Å². The minimum atomic E-state index is -0.333. The number of carbonyl (C=O) groups is 1. The van der Waals surface area contributed by atoms with Gasteiger partial charge in [0.1, 0.15) is 0 Å². The molecule has 18 heavy (non-hydrogen) atoms. The maximum Gasteiger partial charge on any atom is 0.225 e. The van der Waals surface area contributed by atoms with Crippen molar-refractivity contribution in [3.63, 3.8) is 0 Å². The molecule has 1 aliphatic heterocycles. The predicted octanol–water partition coefficient (Wildman–Crippen LogP) is 1.14. The summed E-state index contributed by atoms with van der Waals surface area (Å²) in [6, 6.07) is 2.09. The zero-order valence-corrected chi connectivity index (χ0v) is 11.4. The Bertz CT molecular complexity index is 447. The number of aromatic nitrogens is 2. The molecular weight excluding hydrogens is 228 g/mol. The first-order valence-corrected chi connectivity index (χ1v) is 6.22. The molecule has 0 spiro atoms. The quantitative estimate of drug-likeness (QED) is 0.852. The molecule has 1 aromatic rings. The first kappa shape index (κ1) is 12.8. The van der Waals surface area contributed by atoms with Crippen LogP contribution in [0, 0.1) is 12.3 Å². The number of carbonyl (C=O) groups excluding carboxylic acids is 1. The van der Waals surface area contributed by atoms with E-state index in [-0.39, 0.29) is 17.4 Å². The van der Waals surface area contributed by atoms with Gasteiger partial charge in [0.05, 0.1) is 6.04 Å². The number of hydrogen-bond acceptors (Lipinski definition) is 4. The summed E-state index contributed by atoms with van der Waals surface area (Å²) in [5.74, 6) is 0.841. The number of rotatable bonds is 2. The molecule has 1 fully saturated rings. The fraction of sp³-hybridized carbons (Fsp3) is 0.615. The van der Waals surface area contributed by atoms with E-state index in [1.807, 2.05) is 33.8 Å². The SMILES string of the molecule is Cc1ccnc(N2CC(NC(=O)C(C)(C)C)C2)n1. The Morgan fingerprint density at radius 3 is 2.67 bits per heavy atom. The lowest BCUT2D eigenvalue weighted by molar-refractivity contribution is -0.129. The van der Waals surface area contributed by atoms with Gasteiger partial charge in [-0.2, -0.15) is 0 Å². The van der Waals surface area contributed by atoms with Gasteiger partial charge in [-0.15, -0.1) is 0 Å². The summed E-state index contributed by atoms with van der Waals surface area (Å²) >= 11 is 0. The summed E-state index contributed by atoms with van der Waals surface area (Å²) in [6.07, 6.45) is 1.76. The predicted molar refractivity (Wildman–Crippen MR) is 70.4 cm³/mol. The van der Waals surface area contributed by atoms with Crippen molar-refractivity contribution in [1.82, 2.24) is 15.3 Å². The van der Waals surface area contributed by atoms with Gasteiger partial charge >= 0.3 is 0 Å². The number of aryl methyl sites for hydroxylation is 1. The molecule has 0 unspecified atom stereocenters. The number of nitrogens with zero attached hydrogens (tertiary/aromatic N) is 3. The van der Waals surface area contributed by atoms with Crippen LogP contribution in [0.3, 0.4) is 0 Å². The molecule has 2 heterocycles. The molecule has 1 N–H and O–H groups in total. The van der Waals surface area contributed by atoms with E-state index in [0.29, 0.717) is 0 Å².